The van der Waals surface area contributed by atoms with Crippen LogP contribution in [0.5, 0.6) is 0 Å². The van der Waals surface area contributed by atoms with Gasteiger partial charge in [-0.25, -0.2) is 0 Å². The van der Waals surface area contributed by atoms with Crippen LogP contribution < -0.4 is 5.73 Å². The number of piperidine rings is 1. The summed E-state index contributed by atoms with van der Waals surface area (Å²) in [7, 11) is 0. The van der Waals surface area contributed by atoms with Crippen molar-refractivity contribution in [3.8, 4) is 0 Å². The second-order valence-corrected chi connectivity index (χ2v) is 4.96. The molecule has 0 aromatic heterocycles. The topological polar surface area (TPSA) is 83.6 Å². The number of carbonyl (C=O) groups is 2. The van der Waals surface area contributed by atoms with Crippen molar-refractivity contribution in [1.29, 1.82) is 0 Å². The zero-order valence-corrected chi connectivity index (χ0v) is 9.90. The molecule has 1 aliphatic heterocycles. The van der Waals surface area contributed by atoms with Crippen LogP contribution in [0.2, 0.25) is 0 Å². The number of hydrogen-bond acceptors (Lipinski definition) is 3. The lowest BCUT2D eigenvalue weighted by Crippen LogP contribution is -2.50. The van der Waals surface area contributed by atoms with Crippen LogP contribution in [0, 0.1) is 5.92 Å². The van der Waals surface area contributed by atoms with Gasteiger partial charge in [0, 0.05) is 13.1 Å². The van der Waals surface area contributed by atoms with Crippen molar-refractivity contribution in [2.45, 2.75) is 38.6 Å². The second-order valence-electron chi connectivity index (χ2n) is 4.96. The van der Waals surface area contributed by atoms with Gasteiger partial charge in [0.15, 0.2) is 0 Å². The van der Waals surface area contributed by atoms with Gasteiger partial charge in [0.2, 0.25) is 5.91 Å². The van der Waals surface area contributed by atoms with Gasteiger partial charge in [0.05, 0.1) is 6.42 Å². The highest BCUT2D eigenvalue weighted by Crippen LogP contribution is 2.18. The van der Waals surface area contributed by atoms with Crippen molar-refractivity contribution in [3.05, 3.63) is 0 Å². The first-order valence-corrected chi connectivity index (χ1v) is 5.63. The summed E-state index contributed by atoms with van der Waals surface area (Å²) in [5.74, 6) is -0.640. The van der Waals surface area contributed by atoms with E-state index in [9.17, 15) is 9.59 Å². The predicted octanol–water partition coefficient (Wildman–Crippen LogP) is 0.437. The lowest BCUT2D eigenvalue weighted by molar-refractivity contribution is -0.147. The Morgan fingerprint density at radius 3 is 2.38 bits per heavy atom. The maximum absolute atomic E-state index is 11.8. The van der Waals surface area contributed by atoms with Crippen LogP contribution >= 0.6 is 0 Å². The van der Waals surface area contributed by atoms with E-state index in [1.54, 1.807) is 4.90 Å². The molecule has 0 radical (unpaired) electrons. The maximum atomic E-state index is 11.8. The number of hydrogen-bond donors (Lipinski definition) is 2. The van der Waals surface area contributed by atoms with Crippen LogP contribution in [-0.2, 0) is 9.59 Å². The molecule has 0 aliphatic carbocycles. The third-order valence-electron chi connectivity index (χ3n) is 3.14. The van der Waals surface area contributed by atoms with Gasteiger partial charge < -0.3 is 15.7 Å². The smallest absolute Gasteiger partial charge is 0.323 e. The molecule has 1 rings (SSSR count). The van der Waals surface area contributed by atoms with Crippen molar-refractivity contribution in [1.82, 2.24) is 4.90 Å². The third kappa shape index (κ3) is 3.20. The number of amides is 1. The van der Waals surface area contributed by atoms with E-state index in [-0.39, 0.29) is 12.3 Å². The number of likely N-dealkylation sites (tertiary alicyclic amines) is 1. The SMILES string of the molecule is CC1CCN(C(=O)CC(C)(N)C(=O)O)CC1. The van der Waals surface area contributed by atoms with Gasteiger partial charge in [-0.1, -0.05) is 6.92 Å². The molecule has 0 aromatic carbocycles. The summed E-state index contributed by atoms with van der Waals surface area (Å²) >= 11 is 0. The Kier molecular flexibility index (Phi) is 3.91. The van der Waals surface area contributed by atoms with E-state index >= 15 is 0 Å². The van der Waals surface area contributed by atoms with Crippen LogP contribution in [0.4, 0.5) is 0 Å². The van der Waals surface area contributed by atoms with E-state index in [1.807, 2.05) is 0 Å². The molecule has 0 aromatic rings. The minimum atomic E-state index is -1.46. The molecule has 5 heteroatoms. The highest BCUT2D eigenvalue weighted by molar-refractivity contribution is 5.87. The van der Waals surface area contributed by atoms with Gasteiger partial charge in [0.1, 0.15) is 5.54 Å². The molecule has 1 heterocycles. The third-order valence-corrected chi connectivity index (χ3v) is 3.14. The van der Waals surface area contributed by atoms with Crippen LogP contribution in [0.25, 0.3) is 0 Å². The normalized spacial score (nSPS) is 21.6. The first-order valence-electron chi connectivity index (χ1n) is 5.63. The molecule has 1 unspecified atom stereocenters. The quantitative estimate of drug-likeness (QED) is 0.734. The number of rotatable bonds is 3. The summed E-state index contributed by atoms with van der Waals surface area (Å²) in [5, 5.41) is 8.83. The second kappa shape index (κ2) is 4.82. The summed E-state index contributed by atoms with van der Waals surface area (Å²) in [6.45, 7) is 4.97. The van der Waals surface area contributed by atoms with Gasteiger partial charge in [-0.05, 0) is 25.7 Å². The fraction of sp³-hybridized carbons (Fsp3) is 0.818. The fourth-order valence-corrected chi connectivity index (χ4v) is 1.76. The van der Waals surface area contributed by atoms with Gasteiger partial charge in [0.25, 0.3) is 0 Å². The number of aliphatic carboxylic acids is 1. The van der Waals surface area contributed by atoms with E-state index in [2.05, 4.69) is 6.92 Å². The molecule has 0 bridgehead atoms. The number of carbonyl (C=O) groups excluding carboxylic acids is 1. The molecule has 16 heavy (non-hydrogen) atoms. The minimum absolute atomic E-state index is 0.128. The number of carboxylic acid groups (broad SMARTS) is 1. The van der Waals surface area contributed by atoms with E-state index < -0.39 is 11.5 Å². The van der Waals surface area contributed by atoms with Gasteiger partial charge in [-0.15, -0.1) is 0 Å². The molecule has 0 saturated carbocycles. The van der Waals surface area contributed by atoms with Gasteiger partial charge in [-0.2, -0.15) is 0 Å². The summed E-state index contributed by atoms with van der Waals surface area (Å²) in [5.41, 5.74) is 4.09. The van der Waals surface area contributed by atoms with Crippen molar-refractivity contribution >= 4 is 11.9 Å². The number of carboxylic acids is 1. The highest BCUT2D eigenvalue weighted by Gasteiger charge is 2.33. The van der Waals surface area contributed by atoms with Crippen molar-refractivity contribution < 1.29 is 14.7 Å². The molecule has 5 nitrogen and oxygen atoms in total. The first-order chi connectivity index (χ1) is 7.33. The van der Waals surface area contributed by atoms with Gasteiger partial charge in [-0.3, -0.25) is 9.59 Å². The van der Waals surface area contributed by atoms with Gasteiger partial charge >= 0.3 is 5.97 Å². The Morgan fingerprint density at radius 2 is 1.94 bits per heavy atom. The zero-order valence-electron chi connectivity index (χ0n) is 9.90. The molecule has 1 saturated heterocycles. The predicted molar refractivity (Wildman–Crippen MR) is 59.8 cm³/mol. The van der Waals surface area contributed by atoms with E-state index in [0.717, 1.165) is 25.9 Å². The molecule has 0 spiro atoms. The summed E-state index contributed by atoms with van der Waals surface area (Å²) in [6, 6.07) is 0. The number of nitrogens with two attached hydrogens (primary N) is 1. The number of nitrogens with zero attached hydrogens (tertiary/aromatic N) is 1. The van der Waals surface area contributed by atoms with E-state index in [0.29, 0.717) is 5.92 Å². The molecular weight excluding hydrogens is 208 g/mol. The molecular formula is C11H20N2O3. The largest absolute Gasteiger partial charge is 0.480 e. The zero-order chi connectivity index (χ0) is 12.3. The average Bonchev–Trinajstić information content (AvgIpc) is 2.17. The molecule has 1 fully saturated rings. The van der Waals surface area contributed by atoms with Crippen LogP contribution in [-0.4, -0.2) is 40.5 Å². The maximum Gasteiger partial charge on any atom is 0.323 e. The Balaban J connectivity index is 2.50. The molecule has 3 N–H and O–H groups in total. The fourth-order valence-electron chi connectivity index (χ4n) is 1.76. The van der Waals surface area contributed by atoms with Crippen molar-refractivity contribution in [2.24, 2.45) is 11.7 Å². The highest BCUT2D eigenvalue weighted by atomic mass is 16.4. The van der Waals surface area contributed by atoms with Crippen LogP contribution in [0.1, 0.15) is 33.1 Å². The van der Waals surface area contributed by atoms with Crippen molar-refractivity contribution in [2.75, 3.05) is 13.1 Å². The summed E-state index contributed by atoms with van der Waals surface area (Å²) in [6.07, 6.45) is 1.84. The Hall–Kier alpha value is -1.10. The lowest BCUT2D eigenvalue weighted by atomic mass is 9.95. The van der Waals surface area contributed by atoms with Crippen LogP contribution in [0.15, 0.2) is 0 Å². The van der Waals surface area contributed by atoms with E-state index in [4.69, 9.17) is 10.8 Å². The molecule has 1 atom stereocenters. The Morgan fingerprint density at radius 1 is 1.44 bits per heavy atom. The monoisotopic (exact) mass is 228 g/mol. The molecule has 1 aliphatic rings. The first kappa shape index (κ1) is 13.0. The van der Waals surface area contributed by atoms with Crippen molar-refractivity contribution in [3.63, 3.8) is 0 Å². The Labute approximate surface area is 95.6 Å². The average molecular weight is 228 g/mol. The molecule has 92 valence electrons. The summed E-state index contributed by atoms with van der Waals surface area (Å²) < 4.78 is 0. The van der Waals surface area contributed by atoms with E-state index in [1.165, 1.54) is 6.92 Å². The molecule has 1 amide bonds. The lowest BCUT2D eigenvalue weighted by Gasteiger charge is -2.32. The van der Waals surface area contributed by atoms with Crippen LogP contribution in [0.3, 0.4) is 0 Å². The Bertz CT molecular complexity index is 281. The minimum Gasteiger partial charge on any atom is -0.480 e. The summed E-state index contributed by atoms with van der Waals surface area (Å²) in [4.78, 5) is 24.3. The standard InChI is InChI=1S/C11H20N2O3/c1-8-3-5-13(6-4-8)9(14)7-11(2,12)10(15)16/h8H,3-7,12H2,1-2H3,(H,15,16).